The Bertz CT molecular complexity index is 3980. The molecule has 2 heteroatoms. The molecule has 13 rings (SSSR count). The number of nitrogens with zero attached hydrogens (tertiary/aromatic N) is 2. The van der Waals surface area contributed by atoms with Crippen LogP contribution in [0.4, 0.5) is 17.1 Å². The van der Waals surface area contributed by atoms with Crippen LogP contribution < -0.4 is 4.90 Å². The summed E-state index contributed by atoms with van der Waals surface area (Å²) >= 11 is 0. The van der Waals surface area contributed by atoms with Crippen molar-refractivity contribution in [3.63, 3.8) is 0 Å². The van der Waals surface area contributed by atoms with E-state index >= 15 is 0 Å². The van der Waals surface area contributed by atoms with Gasteiger partial charge >= 0.3 is 0 Å². The zero-order valence-corrected chi connectivity index (χ0v) is 38.5. The number of para-hydroxylation sites is 2. The lowest BCUT2D eigenvalue weighted by Crippen LogP contribution is -2.12. The molecule has 1 heterocycles. The van der Waals surface area contributed by atoms with Crippen LogP contribution in [0.2, 0.25) is 0 Å². The standard InChI is InChI=1S/C68H46N2/c1-3-17-49(18-4-1)59-25-9-10-28-64(59)68-61(50-19-5-2-6-20-50)29-16-32-67(68)69(56-42-37-48(38-43-56)53-39-44-60-54(45-53)34-33-51-21-7-8-24-58(51)60)55-40-35-47(36-41-55)52-22-15-23-57(46-52)70-65-30-13-11-26-62(65)63-27-12-14-31-66(63)70/h1-46H. The molecule has 0 saturated carbocycles. The molecular formula is C68H46N2. The molecule has 70 heavy (non-hydrogen) atoms. The van der Waals surface area contributed by atoms with Crippen molar-refractivity contribution in [2.45, 2.75) is 0 Å². The maximum atomic E-state index is 2.44. The van der Waals surface area contributed by atoms with E-state index in [4.69, 9.17) is 0 Å². The van der Waals surface area contributed by atoms with Crippen molar-refractivity contribution in [2.24, 2.45) is 0 Å². The van der Waals surface area contributed by atoms with E-state index in [0.29, 0.717) is 0 Å². The van der Waals surface area contributed by atoms with Crippen molar-refractivity contribution >= 4 is 60.4 Å². The molecule has 0 N–H and O–H groups in total. The van der Waals surface area contributed by atoms with Crippen LogP contribution in [0.1, 0.15) is 0 Å². The molecule has 0 aliphatic heterocycles. The molecule has 0 bridgehead atoms. The summed E-state index contributed by atoms with van der Waals surface area (Å²) in [5.74, 6) is 0. The van der Waals surface area contributed by atoms with Gasteiger partial charge in [-0.25, -0.2) is 0 Å². The summed E-state index contributed by atoms with van der Waals surface area (Å²) in [5, 5.41) is 7.57. The third-order valence-corrected chi connectivity index (χ3v) is 14.0. The zero-order chi connectivity index (χ0) is 46.4. The second-order valence-electron chi connectivity index (χ2n) is 18.0. The molecule has 0 spiro atoms. The second kappa shape index (κ2) is 17.4. The number of fused-ring (bicyclic) bond motifs is 6. The SMILES string of the molecule is c1ccc(-c2ccccc2-c2c(-c3ccccc3)cccc2N(c2ccc(-c3cccc(-n4c5ccccc5c5ccccc54)c3)cc2)c2ccc(-c3ccc4c(ccc5ccccc54)c3)cc2)cc1. The summed E-state index contributed by atoms with van der Waals surface area (Å²) in [6.07, 6.45) is 0. The van der Waals surface area contributed by atoms with Crippen molar-refractivity contribution in [1.82, 2.24) is 4.57 Å². The number of rotatable bonds is 9. The van der Waals surface area contributed by atoms with Gasteiger partial charge in [-0.2, -0.15) is 0 Å². The predicted octanol–water partition coefficient (Wildman–Crippen LogP) is 18.9. The average molecular weight is 891 g/mol. The van der Waals surface area contributed by atoms with E-state index < -0.39 is 0 Å². The lowest BCUT2D eigenvalue weighted by Gasteiger charge is -2.30. The number of hydrogen-bond donors (Lipinski definition) is 0. The Morgan fingerprint density at radius 3 is 1.40 bits per heavy atom. The molecule has 0 unspecified atom stereocenters. The van der Waals surface area contributed by atoms with Gasteiger partial charge in [0.25, 0.3) is 0 Å². The smallest absolute Gasteiger partial charge is 0.0546 e. The van der Waals surface area contributed by atoms with E-state index in [0.717, 1.165) is 33.9 Å². The maximum Gasteiger partial charge on any atom is 0.0546 e. The average Bonchev–Trinajstić information content (AvgIpc) is 3.78. The van der Waals surface area contributed by atoms with Crippen molar-refractivity contribution in [2.75, 3.05) is 4.90 Å². The summed E-state index contributed by atoms with van der Waals surface area (Å²) < 4.78 is 2.39. The van der Waals surface area contributed by atoms with Gasteiger partial charge < -0.3 is 9.47 Å². The molecule has 0 atom stereocenters. The molecule has 13 aromatic rings. The first-order valence-electron chi connectivity index (χ1n) is 24.1. The third-order valence-electron chi connectivity index (χ3n) is 14.0. The molecule has 0 radical (unpaired) electrons. The van der Waals surface area contributed by atoms with Gasteiger partial charge in [0, 0.05) is 33.4 Å². The van der Waals surface area contributed by atoms with Crippen molar-refractivity contribution in [3.8, 4) is 61.3 Å². The minimum absolute atomic E-state index is 1.07. The highest BCUT2D eigenvalue weighted by atomic mass is 15.1. The maximum absolute atomic E-state index is 2.44. The first-order chi connectivity index (χ1) is 34.7. The number of benzene rings is 12. The van der Waals surface area contributed by atoms with Crippen molar-refractivity contribution < 1.29 is 0 Å². The molecule has 12 aromatic carbocycles. The Hall–Kier alpha value is -9.24. The van der Waals surface area contributed by atoms with E-state index in [-0.39, 0.29) is 0 Å². The molecule has 1 aromatic heterocycles. The first-order valence-corrected chi connectivity index (χ1v) is 24.1. The van der Waals surface area contributed by atoms with Gasteiger partial charge in [0.2, 0.25) is 0 Å². The topological polar surface area (TPSA) is 8.17 Å². The predicted molar refractivity (Wildman–Crippen MR) is 298 cm³/mol. The highest BCUT2D eigenvalue weighted by Crippen LogP contribution is 2.48. The monoisotopic (exact) mass is 890 g/mol. The molecule has 0 aliphatic carbocycles. The summed E-state index contributed by atoms with van der Waals surface area (Å²) in [6.45, 7) is 0. The van der Waals surface area contributed by atoms with Crippen LogP contribution in [0.5, 0.6) is 0 Å². The van der Waals surface area contributed by atoms with Crippen LogP contribution in [0, 0.1) is 0 Å². The Labute approximate surface area is 408 Å². The molecule has 0 fully saturated rings. The Kier molecular flexibility index (Phi) is 10.2. The van der Waals surface area contributed by atoms with Gasteiger partial charge in [0.05, 0.1) is 16.7 Å². The van der Waals surface area contributed by atoms with E-state index in [1.807, 2.05) is 0 Å². The first kappa shape index (κ1) is 41.0. The fourth-order valence-electron chi connectivity index (χ4n) is 10.7. The molecule has 0 aliphatic rings. The van der Waals surface area contributed by atoms with Crippen LogP contribution in [0.15, 0.2) is 279 Å². The van der Waals surface area contributed by atoms with E-state index in [1.54, 1.807) is 0 Å². The van der Waals surface area contributed by atoms with Gasteiger partial charge in [-0.15, -0.1) is 0 Å². The van der Waals surface area contributed by atoms with Gasteiger partial charge in [0.15, 0.2) is 0 Å². The zero-order valence-electron chi connectivity index (χ0n) is 38.5. The fourth-order valence-corrected chi connectivity index (χ4v) is 10.7. The molecule has 0 saturated heterocycles. The molecule has 0 amide bonds. The highest BCUT2D eigenvalue weighted by Gasteiger charge is 2.23. The van der Waals surface area contributed by atoms with E-state index in [1.165, 1.54) is 87.9 Å². The van der Waals surface area contributed by atoms with Gasteiger partial charge in [-0.3, -0.25) is 0 Å². The lowest BCUT2D eigenvalue weighted by atomic mass is 9.87. The van der Waals surface area contributed by atoms with Crippen LogP contribution in [0.3, 0.4) is 0 Å². The molecular weight excluding hydrogens is 845 g/mol. The number of aromatic nitrogens is 1. The fraction of sp³-hybridized carbons (Fsp3) is 0. The van der Waals surface area contributed by atoms with E-state index in [2.05, 4.69) is 289 Å². The van der Waals surface area contributed by atoms with Crippen LogP contribution in [-0.4, -0.2) is 4.57 Å². The van der Waals surface area contributed by atoms with E-state index in [9.17, 15) is 0 Å². The number of hydrogen-bond acceptors (Lipinski definition) is 1. The van der Waals surface area contributed by atoms with Crippen molar-refractivity contribution in [1.29, 1.82) is 0 Å². The quantitative estimate of drug-likeness (QED) is 0.131. The van der Waals surface area contributed by atoms with Crippen molar-refractivity contribution in [3.05, 3.63) is 279 Å². The highest BCUT2D eigenvalue weighted by molar-refractivity contribution is 6.10. The summed E-state index contributed by atoms with van der Waals surface area (Å²) in [6, 6.07) is 102. The summed E-state index contributed by atoms with van der Waals surface area (Å²) in [5.41, 5.74) is 18.5. The van der Waals surface area contributed by atoms with Gasteiger partial charge in [0.1, 0.15) is 0 Å². The Morgan fingerprint density at radius 2 is 0.729 bits per heavy atom. The minimum Gasteiger partial charge on any atom is -0.310 e. The van der Waals surface area contributed by atoms with Gasteiger partial charge in [-0.1, -0.05) is 218 Å². The van der Waals surface area contributed by atoms with Crippen LogP contribution in [0.25, 0.3) is 105 Å². The second-order valence-corrected chi connectivity index (χ2v) is 18.0. The van der Waals surface area contributed by atoms with Crippen LogP contribution >= 0.6 is 0 Å². The Morgan fingerprint density at radius 1 is 0.257 bits per heavy atom. The summed E-state index contributed by atoms with van der Waals surface area (Å²) in [4.78, 5) is 2.44. The lowest BCUT2D eigenvalue weighted by molar-refractivity contribution is 1.18. The molecule has 2 nitrogen and oxygen atoms in total. The Balaban J connectivity index is 0.966. The summed E-state index contributed by atoms with van der Waals surface area (Å²) in [7, 11) is 0. The van der Waals surface area contributed by atoms with Gasteiger partial charge in [-0.05, 0) is 132 Å². The number of anilines is 3. The normalized spacial score (nSPS) is 11.4. The van der Waals surface area contributed by atoms with Crippen LogP contribution in [-0.2, 0) is 0 Å². The molecule has 328 valence electrons. The minimum atomic E-state index is 1.07. The third kappa shape index (κ3) is 7.22. The largest absolute Gasteiger partial charge is 0.310 e.